The van der Waals surface area contributed by atoms with E-state index in [0.29, 0.717) is 0 Å². The van der Waals surface area contributed by atoms with Crippen LogP contribution in [0.15, 0.2) is 73.3 Å². The molecule has 4 rings (SSSR count). The SMILES string of the molecule is CC(c1ccccn1)N(C)Cc1cnc2c(-c3ccccc3)cnn2c1. The molecule has 0 spiro atoms. The van der Waals surface area contributed by atoms with Crippen molar-refractivity contribution in [2.45, 2.75) is 19.5 Å². The van der Waals surface area contributed by atoms with E-state index in [1.54, 1.807) is 0 Å². The molecule has 5 heteroatoms. The Morgan fingerprint density at radius 2 is 1.81 bits per heavy atom. The summed E-state index contributed by atoms with van der Waals surface area (Å²) in [4.78, 5) is 11.4. The van der Waals surface area contributed by atoms with Crippen LogP contribution in [0, 0.1) is 0 Å². The van der Waals surface area contributed by atoms with Gasteiger partial charge in [0.2, 0.25) is 0 Å². The lowest BCUT2D eigenvalue weighted by Crippen LogP contribution is -2.23. The Balaban J connectivity index is 1.57. The monoisotopic (exact) mass is 343 g/mol. The molecule has 0 fully saturated rings. The third-order valence-corrected chi connectivity index (χ3v) is 4.70. The highest BCUT2D eigenvalue weighted by molar-refractivity contribution is 5.76. The van der Waals surface area contributed by atoms with Crippen molar-refractivity contribution in [2.75, 3.05) is 7.05 Å². The van der Waals surface area contributed by atoms with E-state index >= 15 is 0 Å². The first kappa shape index (κ1) is 16.4. The fourth-order valence-corrected chi connectivity index (χ4v) is 3.09. The van der Waals surface area contributed by atoms with E-state index < -0.39 is 0 Å². The van der Waals surface area contributed by atoms with Crippen molar-refractivity contribution < 1.29 is 0 Å². The zero-order chi connectivity index (χ0) is 17.9. The molecule has 0 amide bonds. The molecule has 1 unspecified atom stereocenters. The zero-order valence-electron chi connectivity index (χ0n) is 14.9. The Bertz CT molecular complexity index is 995. The molecule has 0 saturated heterocycles. The van der Waals surface area contributed by atoms with Crippen molar-refractivity contribution in [1.29, 1.82) is 0 Å². The molecule has 0 radical (unpaired) electrons. The first-order valence-corrected chi connectivity index (χ1v) is 8.71. The highest BCUT2D eigenvalue weighted by atomic mass is 15.2. The molecule has 0 N–H and O–H groups in total. The highest BCUT2D eigenvalue weighted by Gasteiger charge is 2.14. The van der Waals surface area contributed by atoms with Crippen molar-refractivity contribution in [2.24, 2.45) is 0 Å². The van der Waals surface area contributed by atoms with E-state index in [-0.39, 0.29) is 6.04 Å². The Hall–Kier alpha value is -3.05. The third-order valence-electron chi connectivity index (χ3n) is 4.70. The van der Waals surface area contributed by atoms with Crippen LogP contribution in [-0.4, -0.2) is 31.5 Å². The number of rotatable bonds is 5. The molecule has 5 nitrogen and oxygen atoms in total. The molecule has 0 aliphatic heterocycles. The summed E-state index contributed by atoms with van der Waals surface area (Å²) in [5.74, 6) is 0. The summed E-state index contributed by atoms with van der Waals surface area (Å²) < 4.78 is 1.86. The number of fused-ring (bicyclic) bond motifs is 1. The number of benzene rings is 1. The Morgan fingerprint density at radius 3 is 2.58 bits per heavy atom. The summed E-state index contributed by atoms with van der Waals surface area (Å²) in [6, 6.07) is 16.5. The standard InChI is InChI=1S/C21H21N5/c1-16(20-10-6-7-11-22-20)25(2)14-17-12-23-21-19(13-24-26(21)15-17)18-8-4-3-5-9-18/h3-13,15-16H,14H2,1-2H3. The number of hydrogen-bond acceptors (Lipinski definition) is 4. The minimum Gasteiger partial charge on any atom is -0.294 e. The van der Waals surface area contributed by atoms with Crippen LogP contribution in [0.5, 0.6) is 0 Å². The van der Waals surface area contributed by atoms with Crippen molar-refractivity contribution in [3.8, 4) is 11.1 Å². The minimum absolute atomic E-state index is 0.226. The normalized spacial score (nSPS) is 12.6. The van der Waals surface area contributed by atoms with E-state index in [1.807, 2.05) is 53.4 Å². The molecule has 0 bridgehead atoms. The molecule has 1 aromatic carbocycles. The van der Waals surface area contributed by atoms with Gasteiger partial charge in [0, 0.05) is 42.3 Å². The van der Waals surface area contributed by atoms with Gasteiger partial charge in [0.25, 0.3) is 0 Å². The maximum atomic E-state index is 4.66. The summed E-state index contributed by atoms with van der Waals surface area (Å²) >= 11 is 0. The van der Waals surface area contributed by atoms with Crippen LogP contribution in [0.2, 0.25) is 0 Å². The summed E-state index contributed by atoms with van der Waals surface area (Å²) in [5.41, 5.74) is 5.23. The van der Waals surface area contributed by atoms with Gasteiger partial charge in [-0.25, -0.2) is 9.50 Å². The molecule has 1 atom stereocenters. The van der Waals surface area contributed by atoms with Gasteiger partial charge in [-0.05, 0) is 31.7 Å². The van der Waals surface area contributed by atoms with Gasteiger partial charge in [-0.2, -0.15) is 5.10 Å². The largest absolute Gasteiger partial charge is 0.294 e. The van der Waals surface area contributed by atoms with Crippen LogP contribution >= 0.6 is 0 Å². The van der Waals surface area contributed by atoms with Gasteiger partial charge in [-0.1, -0.05) is 36.4 Å². The maximum absolute atomic E-state index is 4.66. The number of nitrogens with zero attached hydrogens (tertiary/aromatic N) is 5. The van der Waals surface area contributed by atoms with Gasteiger partial charge in [-0.15, -0.1) is 0 Å². The summed E-state index contributed by atoms with van der Waals surface area (Å²) in [5, 5.41) is 4.49. The van der Waals surface area contributed by atoms with E-state index in [1.165, 1.54) is 0 Å². The molecule has 3 heterocycles. The van der Waals surface area contributed by atoms with Crippen LogP contribution in [0.4, 0.5) is 0 Å². The van der Waals surface area contributed by atoms with Gasteiger partial charge < -0.3 is 0 Å². The molecule has 4 aromatic rings. The number of hydrogen-bond donors (Lipinski definition) is 0. The molecule has 0 saturated carbocycles. The summed E-state index contributed by atoms with van der Waals surface area (Å²) in [7, 11) is 2.10. The average molecular weight is 343 g/mol. The van der Waals surface area contributed by atoms with Crippen LogP contribution in [0.25, 0.3) is 16.8 Å². The van der Waals surface area contributed by atoms with E-state index in [4.69, 9.17) is 0 Å². The van der Waals surface area contributed by atoms with E-state index in [2.05, 4.69) is 58.3 Å². The Labute approximate surface area is 153 Å². The van der Waals surface area contributed by atoms with E-state index in [0.717, 1.165) is 34.6 Å². The van der Waals surface area contributed by atoms with Gasteiger partial charge in [0.05, 0.1) is 11.9 Å². The Kier molecular flexibility index (Phi) is 4.46. The second-order valence-electron chi connectivity index (χ2n) is 6.50. The maximum Gasteiger partial charge on any atom is 0.162 e. The molecule has 0 aliphatic carbocycles. The summed E-state index contributed by atoms with van der Waals surface area (Å²) in [6.07, 6.45) is 7.70. The lowest BCUT2D eigenvalue weighted by molar-refractivity contribution is 0.248. The first-order chi connectivity index (χ1) is 12.7. The molecular formula is C21H21N5. The average Bonchev–Trinajstić information content (AvgIpc) is 3.12. The van der Waals surface area contributed by atoms with Crippen LogP contribution in [-0.2, 0) is 6.54 Å². The fraction of sp³-hybridized carbons (Fsp3) is 0.190. The van der Waals surface area contributed by atoms with Gasteiger partial charge in [-0.3, -0.25) is 9.88 Å². The van der Waals surface area contributed by atoms with Crippen molar-refractivity contribution in [1.82, 2.24) is 24.5 Å². The highest BCUT2D eigenvalue weighted by Crippen LogP contribution is 2.23. The van der Waals surface area contributed by atoms with Crippen LogP contribution in [0.1, 0.15) is 24.2 Å². The molecule has 130 valence electrons. The summed E-state index contributed by atoms with van der Waals surface area (Å²) in [6.45, 7) is 2.94. The number of aromatic nitrogens is 4. The predicted octanol–water partition coefficient (Wildman–Crippen LogP) is 3.98. The van der Waals surface area contributed by atoms with Crippen LogP contribution in [0.3, 0.4) is 0 Å². The Morgan fingerprint density at radius 1 is 1.00 bits per heavy atom. The molecule has 0 aliphatic rings. The predicted molar refractivity (Wildman–Crippen MR) is 103 cm³/mol. The minimum atomic E-state index is 0.226. The van der Waals surface area contributed by atoms with Gasteiger partial charge in [0.1, 0.15) is 0 Å². The van der Waals surface area contributed by atoms with Gasteiger partial charge >= 0.3 is 0 Å². The fourth-order valence-electron chi connectivity index (χ4n) is 3.09. The van der Waals surface area contributed by atoms with E-state index in [9.17, 15) is 0 Å². The molecule has 26 heavy (non-hydrogen) atoms. The smallest absolute Gasteiger partial charge is 0.162 e. The third kappa shape index (κ3) is 3.21. The number of pyridine rings is 1. The molecular weight excluding hydrogens is 322 g/mol. The van der Waals surface area contributed by atoms with Crippen LogP contribution < -0.4 is 0 Å². The second kappa shape index (κ2) is 7.06. The quantitative estimate of drug-likeness (QED) is 0.550. The zero-order valence-corrected chi connectivity index (χ0v) is 14.9. The second-order valence-corrected chi connectivity index (χ2v) is 6.50. The lowest BCUT2D eigenvalue weighted by atomic mass is 10.1. The van der Waals surface area contributed by atoms with Crippen molar-refractivity contribution in [3.05, 3.63) is 84.6 Å². The van der Waals surface area contributed by atoms with Crippen molar-refractivity contribution in [3.63, 3.8) is 0 Å². The first-order valence-electron chi connectivity index (χ1n) is 8.71. The lowest BCUT2D eigenvalue weighted by Gasteiger charge is -2.24. The topological polar surface area (TPSA) is 46.3 Å². The van der Waals surface area contributed by atoms with Gasteiger partial charge in [0.15, 0.2) is 5.65 Å². The molecule has 3 aromatic heterocycles. The van der Waals surface area contributed by atoms with Crippen molar-refractivity contribution >= 4 is 5.65 Å².